The van der Waals surface area contributed by atoms with Crippen molar-refractivity contribution in [2.45, 2.75) is 11.4 Å². The molecule has 0 bridgehead atoms. The van der Waals surface area contributed by atoms with Crippen molar-refractivity contribution in [3.63, 3.8) is 0 Å². The number of phenolic OH excluding ortho intramolecular Hbond substituents is 1. The Kier molecular flexibility index (Phi) is 4.84. The number of aromatic hydroxyl groups is 1. The lowest BCUT2D eigenvalue weighted by molar-refractivity contribution is 0.174. The molecule has 0 atom stereocenters. The van der Waals surface area contributed by atoms with Gasteiger partial charge < -0.3 is 24.1 Å². The monoisotopic (exact) mass is 381 g/mol. The van der Waals surface area contributed by atoms with Gasteiger partial charge >= 0.3 is 0 Å². The molecule has 26 heavy (non-hydrogen) atoms. The van der Waals surface area contributed by atoms with Gasteiger partial charge in [-0.1, -0.05) is 6.07 Å². The fourth-order valence-corrected chi connectivity index (χ4v) is 4.22. The molecule has 1 N–H and O–H groups in total. The van der Waals surface area contributed by atoms with Crippen LogP contribution in [0.15, 0.2) is 35.2 Å². The van der Waals surface area contributed by atoms with Gasteiger partial charge in [-0.15, -0.1) is 0 Å². The number of methoxy groups -OCH3 is 3. The fourth-order valence-electron chi connectivity index (χ4n) is 2.68. The Balaban J connectivity index is 1.98. The van der Waals surface area contributed by atoms with Crippen LogP contribution in [-0.2, 0) is 16.6 Å². The van der Waals surface area contributed by atoms with Crippen molar-refractivity contribution in [2.24, 2.45) is 0 Å². The smallest absolute Gasteiger partial charge is 0.253 e. The van der Waals surface area contributed by atoms with E-state index in [9.17, 15) is 13.5 Å². The summed E-state index contributed by atoms with van der Waals surface area (Å²) < 4.78 is 48.3. The second-order valence-corrected chi connectivity index (χ2v) is 7.43. The first-order chi connectivity index (χ1) is 12.4. The molecule has 0 fully saturated rings. The molecule has 9 heteroatoms. The molecule has 1 heterocycles. The van der Waals surface area contributed by atoms with Gasteiger partial charge in [-0.05, 0) is 17.7 Å². The summed E-state index contributed by atoms with van der Waals surface area (Å²) in [5.74, 6) is 1.01. The number of phenols is 1. The van der Waals surface area contributed by atoms with E-state index in [4.69, 9.17) is 18.9 Å². The first-order valence-electron chi connectivity index (χ1n) is 7.65. The number of rotatable bonds is 5. The van der Waals surface area contributed by atoms with E-state index >= 15 is 0 Å². The van der Waals surface area contributed by atoms with Crippen LogP contribution < -0.4 is 18.9 Å². The van der Waals surface area contributed by atoms with Crippen molar-refractivity contribution >= 4 is 10.0 Å². The molecule has 1 aliphatic heterocycles. The van der Waals surface area contributed by atoms with Gasteiger partial charge in [-0.3, -0.25) is 0 Å². The molecular formula is C17H19NO7S. The molecular weight excluding hydrogens is 362 g/mol. The Bertz CT molecular complexity index is 910. The molecule has 2 aromatic carbocycles. The second-order valence-electron chi connectivity index (χ2n) is 5.55. The van der Waals surface area contributed by atoms with Gasteiger partial charge in [0.15, 0.2) is 23.1 Å². The largest absolute Gasteiger partial charge is 0.504 e. The third-order valence-electron chi connectivity index (χ3n) is 4.01. The maximum absolute atomic E-state index is 13.1. The van der Waals surface area contributed by atoms with Gasteiger partial charge in [0, 0.05) is 18.7 Å². The van der Waals surface area contributed by atoms with Gasteiger partial charge in [0.1, 0.15) is 17.2 Å². The minimum Gasteiger partial charge on any atom is -0.504 e. The van der Waals surface area contributed by atoms with Crippen molar-refractivity contribution in [3.8, 4) is 28.7 Å². The summed E-state index contributed by atoms with van der Waals surface area (Å²) in [6, 6.07) is 7.65. The quantitative estimate of drug-likeness (QED) is 0.846. The third-order valence-corrected chi connectivity index (χ3v) is 5.85. The zero-order chi connectivity index (χ0) is 18.9. The van der Waals surface area contributed by atoms with Crippen LogP contribution in [0, 0.1) is 0 Å². The molecule has 140 valence electrons. The van der Waals surface area contributed by atoms with Crippen molar-refractivity contribution in [1.82, 2.24) is 4.31 Å². The lowest BCUT2D eigenvalue weighted by atomic mass is 10.2. The predicted octanol–water partition coefficient (Wildman–Crippen LogP) is 1.96. The molecule has 0 saturated carbocycles. The van der Waals surface area contributed by atoms with Crippen molar-refractivity contribution in [1.29, 1.82) is 0 Å². The average Bonchev–Trinajstić information content (AvgIpc) is 2.64. The molecule has 0 amide bonds. The van der Waals surface area contributed by atoms with Gasteiger partial charge in [0.25, 0.3) is 10.0 Å². The highest BCUT2D eigenvalue weighted by Gasteiger charge is 2.37. The molecule has 1 aliphatic rings. The lowest BCUT2D eigenvalue weighted by Crippen LogP contribution is -2.38. The Morgan fingerprint density at radius 1 is 1.08 bits per heavy atom. The van der Waals surface area contributed by atoms with E-state index in [-0.39, 0.29) is 41.2 Å². The van der Waals surface area contributed by atoms with E-state index in [0.29, 0.717) is 11.3 Å². The van der Waals surface area contributed by atoms with E-state index in [1.54, 1.807) is 12.1 Å². The summed E-state index contributed by atoms with van der Waals surface area (Å²) >= 11 is 0. The SMILES string of the molecule is COc1cc(OC)c2c(c1)OCN(Cc1ccc(O)c(OC)c1)S2(=O)=O. The summed E-state index contributed by atoms with van der Waals surface area (Å²) in [7, 11) is 0.429. The van der Waals surface area contributed by atoms with E-state index in [1.165, 1.54) is 43.8 Å². The van der Waals surface area contributed by atoms with Crippen LogP contribution in [0.5, 0.6) is 28.7 Å². The summed E-state index contributed by atoms with van der Waals surface area (Å²) in [6.45, 7) is -0.109. The van der Waals surface area contributed by atoms with Crippen LogP contribution >= 0.6 is 0 Å². The van der Waals surface area contributed by atoms with Crippen molar-refractivity contribution < 1.29 is 32.5 Å². The number of fused-ring (bicyclic) bond motifs is 1. The number of hydrogen-bond donors (Lipinski definition) is 1. The van der Waals surface area contributed by atoms with Crippen LogP contribution in [0.1, 0.15) is 5.56 Å². The molecule has 3 rings (SSSR count). The van der Waals surface area contributed by atoms with Crippen LogP contribution in [0.2, 0.25) is 0 Å². The Hall–Kier alpha value is -2.65. The Morgan fingerprint density at radius 2 is 1.81 bits per heavy atom. The summed E-state index contributed by atoms with van der Waals surface area (Å²) in [6.07, 6.45) is 0. The number of sulfonamides is 1. The molecule has 0 spiro atoms. The van der Waals surface area contributed by atoms with Crippen molar-refractivity contribution in [2.75, 3.05) is 28.1 Å². The third kappa shape index (κ3) is 3.11. The Labute approximate surface area is 151 Å². The van der Waals surface area contributed by atoms with E-state index in [2.05, 4.69) is 0 Å². The standard InChI is InChI=1S/C17H19NO7S/c1-22-12-7-15(24-3)17-16(8-12)25-10-18(26(17,20)21)9-11-4-5-13(19)14(6-11)23-2/h4-8,19H,9-10H2,1-3H3. The summed E-state index contributed by atoms with van der Waals surface area (Å²) in [5, 5.41) is 9.68. The minimum absolute atomic E-state index is 0.0203. The van der Waals surface area contributed by atoms with Crippen LogP contribution in [0.4, 0.5) is 0 Å². The molecule has 0 radical (unpaired) electrons. The molecule has 8 nitrogen and oxygen atoms in total. The van der Waals surface area contributed by atoms with Crippen LogP contribution in [0.25, 0.3) is 0 Å². The van der Waals surface area contributed by atoms with Crippen LogP contribution in [0.3, 0.4) is 0 Å². The number of benzene rings is 2. The van der Waals surface area contributed by atoms with Gasteiger partial charge in [0.2, 0.25) is 0 Å². The molecule has 2 aromatic rings. The fraction of sp³-hybridized carbons (Fsp3) is 0.294. The van der Waals surface area contributed by atoms with E-state index < -0.39 is 10.0 Å². The zero-order valence-electron chi connectivity index (χ0n) is 14.6. The maximum Gasteiger partial charge on any atom is 0.253 e. The second kappa shape index (κ2) is 6.93. The molecule has 0 unspecified atom stereocenters. The highest BCUT2D eigenvalue weighted by molar-refractivity contribution is 7.89. The van der Waals surface area contributed by atoms with E-state index in [0.717, 1.165) is 0 Å². The van der Waals surface area contributed by atoms with E-state index in [1.807, 2.05) is 0 Å². The number of nitrogens with zero attached hydrogens (tertiary/aromatic N) is 1. The molecule has 0 aromatic heterocycles. The summed E-state index contributed by atoms with van der Waals surface area (Å²) in [4.78, 5) is -0.0437. The summed E-state index contributed by atoms with van der Waals surface area (Å²) in [5.41, 5.74) is 0.641. The molecule has 0 aliphatic carbocycles. The molecule has 0 saturated heterocycles. The van der Waals surface area contributed by atoms with Gasteiger partial charge in [-0.2, -0.15) is 4.31 Å². The Morgan fingerprint density at radius 3 is 2.46 bits per heavy atom. The van der Waals surface area contributed by atoms with Gasteiger partial charge in [-0.25, -0.2) is 8.42 Å². The normalized spacial score (nSPS) is 15.7. The van der Waals surface area contributed by atoms with Crippen molar-refractivity contribution in [3.05, 3.63) is 35.9 Å². The lowest BCUT2D eigenvalue weighted by Gasteiger charge is -2.29. The van der Waals surface area contributed by atoms with Gasteiger partial charge in [0.05, 0.1) is 21.3 Å². The zero-order valence-corrected chi connectivity index (χ0v) is 15.4. The maximum atomic E-state index is 13.1. The predicted molar refractivity (Wildman–Crippen MR) is 92.4 cm³/mol. The first kappa shape index (κ1) is 18.2. The highest BCUT2D eigenvalue weighted by atomic mass is 32.2. The minimum atomic E-state index is -3.85. The first-order valence-corrected chi connectivity index (χ1v) is 9.09. The number of hydrogen-bond acceptors (Lipinski definition) is 7. The highest BCUT2D eigenvalue weighted by Crippen LogP contribution is 2.42. The van der Waals surface area contributed by atoms with Crippen LogP contribution in [-0.4, -0.2) is 45.9 Å². The average molecular weight is 381 g/mol. The number of ether oxygens (including phenoxy) is 4. The topological polar surface area (TPSA) is 94.5 Å².